The largest absolute Gasteiger partial charge is 0.350 e. The predicted octanol–water partition coefficient (Wildman–Crippen LogP) is 4.14. The molecule has 0 unspecified atom stereocenters. The number of hydrogen-bond donors (Lipinski definition) is 1. The first kappa shape index (κ1) is 17.0. The van der Waals surface area contributed by atoms with Gasteiger partial charge in [-0.05, 0) is 25.1 Å². The van der Waals surface area contributed by atoms with Gasteiger partial charge in [0.05, 0.1) is 11.4 Å². The molecule has 8 heteroatoms. The summed E-state index contributed by atoms with van der Waals surface area (Å²) in [6.45, 7) is 2.00. The fourth-order valence-corrected chi connectivity index (χ4v) is 2.74. The number of halogens is 1. The number of nitrogens with zero attached hydrogens (tertiary/aromatic N) is 4. The maximum Gasteiger partial charge on any atom is 0.294 e. The van der Waals surface area contributed by atoms with E-state index in [0.29, 0.717) is 22.1 Å². The molecule has 2 aromatic carbocycles. The van der Waals surface area contributed by atoms with E-state index in [1.54, 1.807) is 24.3 Å². The molecule has 134 valence electrons. The summed E-state index contributed by atoms with van der Waals surface area (Å²) >= 11 is 6.07. The lowest BCUT2D eigenvalue weighted by atomic mass is 10.1. The van der Waals surface area contributed by atoms with Crippen LogP contribution in [-0.2, 0) is 0 Å². The Morgan fingerprint density at radius 3 is 2.70 bits per heavy atom. The molecule has 0 spiro atoms. The lowest BCUT2D eigenvalue weighted by Gasteiger charge is -2.10. The van der Waals surface area contributed by atoms with Crippen molar-refractivity contribution in [3.8, 4) is 16.9 Å². The van der Waals surface area contributed by atoms with Crippen LogP contribution >= 0.6 is 11.6 Å². The molecule has 0 atom stereocenters. The Kier molecular flexibility index (Phi) is 4.43. The Morgan fingerprint density at radius 1 is 1.15 bits per heavy atom. The smallest absolute Gasteiger partial charge is 0.294 e. The van der Waals surface area contributed by atoms with Crippen molar-refractivity contribution in [3.05, 3.63) is 77.5 Å². The molecule has 0 aliphatic heterocycles. The summed E-state index contributed by atoms with van der Waals surface area (Å²) in [6.07, 6.45) is 2.94. The first-order valence-corrected chi connectivity index (χ1v) is 8.47. The van der Waals surface area contributed by atoms with Crippen LogP contribution in [0.15, 0.2) is 65.7 Å². The molecule has 0 aliphatic rings. The van der Waals surface area contributed by atoms with E-state index in [0.717, 1.165) is 11.1 Å². The Morgan fingerprint density at radius 2 is 1.96 bits per heavy atom. The van der Waals surface area contributed by atoms with Gasteiger partial charge in [0.15, 0.2) is 0 Å². The SMILES string of the molecule is Cc1ccc(-c2cc(C(=O)Nc3cc(Cl)ccc3-n3cncn3)on2)cc1. The van der Waals surface area contributed by atoms with Crippen LogP contribution in [0, 0.1) is 6.92 Å². The summed E-state index contributed by atoms with van der Waals surface area (Å²) in [7, 11) is 0. The van der Waals surface area contributed by atoms with Gasteiger partial charge in [-0.2, -0.15) is 5.10 Å². The number of anilines is 1. The second kappa shape index (κ2) is 7.05. The third-order valence-electron chi connectivity index (χ3n) is 3.95. The highest BCUT2D eigenvalue weighted by Crippen LogP contribution is 2.25. The minimum Gasteiger partial charge on any atom is -0.350 e. The zero-order chi connectivity index (χ0) is 18.8. The molecular weight excluding hydrogens is 366 g/mol. The summed E-state index contributed by atoms with van der Waals surface area (Å²) < 4.78 is 6.75. The van der Waals surface area contributed by atoms with Crippen LogP contribution in [0.4, 0.5) is 5.69 Å². The number of hydrogen-bond acceptors (Lipinski definition) is 5. The highest BCUT2D eigenvalue weighted by atomic mass is 35.5. The van der Waals surface area contributed by atoms with E-state index in [1.807, 2.05) is 31.2 Å². The van der Waals surface area contributed by atoms with E-state index < -0.39 is 5.91 Å². The van der Waals surface area contributed by atoms with Crippen LogP contribution in [-0.4, -0.2) is 25.8 Å². The van der Waals surface area contributed by atoms with Gasteiger partial charge in [0.2, 0.25) is 5.76 Å². The van der Waals surface area contributed by atoms with Crippen LogP contribution < -0.4 is 5.32 Å². The van der Waals surface area contributed by atoms with Crippen molar-refractivity contribution >= 4 is 23.2 Å². The van der Waals surface area contributed by atoms with Crippen LogP contribution in [0.1, 0.15) is 16.1 Å². The molecule has 4 aromatic rings. The lowest BCUT2D eigenvalue weighted by Crippen LogP contribution is -2.13. The fourth-order valence-electron chi connectivity index (χ4n) is 2.57. The van der Waals surface area contributed by atoms with Gasteiger partial charge in [-0.3, -0.25) is 4.79 Å². The van der Waals surface area contributed by atoms with Crippen molar-refractivity contribution in [3.63, 3.8) is 0 Å². The summed E-state index contributed by atoms with van der Waals surface area (Å²) in [5.74, 6) is -0.348. The van der Waals surface area contributed by atoms with Gasteiger partial charge < -0.3 is 9.84 Å². The normalized spacial score (nSPS) is 10.7. The van der Waals surface area contributed by atoms with E-state index >= 15 is 0 Å². The average Bonchev–Trinajstić information content (AvgIpc) is 3.35. The van der Waals surface area contributed by atoms with Crippen molar-refractivity contribution in [2.24, 2.45) is 0 Å². The minimum absolute atomic E-state index is 0.0927. The molecule has 0 saturated carbocycles. The first-order valence-electron chi connectivity index (χ1n) is 8.10. The van der Waals surface area contributed by atoms with Gasteiger partial charge in [0, 0.05) is 16.7 Å². The predicted molar refractivity (Wildman–Crippen MR) is 101 cm³/mol. The van der Waals surface area contributed by atoms with E-state index in [4.69, 9.17) is 16.1 Å². The second-order valence-corrected chi connectivity index (χ2v) is 6.33. The number of rotatable bonds is 4. The van der Waals surface area contributed by atoms with E-state index in [1.165, 1.54) is 17.3 Å². The number of aromatic nitrogens is 4. The fraction of sp³-hybridized carbons (Fsp3) is 0.0526. The maximum absolute atomic E-state index is 12.6. The Hall–Kier alpha value is -3.45. The highest BCUT2D eigenvalue weighted by molar-refractivity contribution is 6.31. The molecule has 4 rings (SSSR count). The van der Waals surface area contributed by atoms with Gasteiger partial charge in [-0.15, -0.1) is 0 Å². The van der Waals surface area contributed by atoms with Gasteiger partial charge in [-0.25, -0.2) is 9.67 Å². The Bertz CT molecular complexity index is 1090. The van der Waals surface area contributed by atoms with Gasteiger partial charge in [-0.1, -0.05) is 46.6 Å². The molecular formula is C19H14ClN5O2. The Labute approximate surface area is 159 Å². The van der Waals surface area contributed by atoms with Crippen LogP contribution in [0.3, 0.4) is 0 Å². The minimum atomic E-state index is -0.440. The molecule has 27 heavy (non-hydrogen) atoms. The zero-order valence-electron chi connectivity index (χ0n) is 14.3. The molecule has 0 aliphatic carbocycles. The zero-order valence-corrected chi connectivity index (χ0v) is 15.0. The quantitative estimate of drug-likeness (QED) is 0.576. The van der Waals surface area contributed by atoms with Crippen LogP contribution in [0.2, 0.25) is 5.02 Å². The summed E-state index contributed by atoms with van der Waals surface area (Å²) in [5, 5.41) is 11.3. The molecule has 0 radical (unpaired) electrons. The van der Waals surface area contributed by atoms with Crippen molar-refractivity contribution in [1.82, 2.24) is 19.9 Å². The average molecular weight is 380 g/mol. The van der Waals surface area contributed by atoms with E-state index in [-0.39, 0.29) is 5.76 Å². The van der Waals surface area contributed by atoms with Crippen molar-refractivity contribution in [1.29, 1.82) is 0 Å². The number of benzene rings is 2. The molecule has 0 bridgehead atoms. The van der Waals surface area contributed by atoms with Crippen molar-refractivity contribution in [2.75, 3.05) is 5.32 Å². The first-order chi connectivity index (χ1) is 13.1. The van der Waals surface area contributed by atoms with Gasteiger partial charge in [0.1, 0.15) is 18.3 Å². The number of carbonyl (C=O) groups is 1. The maximum atomic E-state index is 12.6. The van der Waals surface area contributed by atoms with E-state index in [9.17, 15) is 4.79 Å². The number of amides is 1. The van der Waals surface area contributed by atoms with Crippen molar-refractivity contribution in [2.45, 2.75) is 6.92 Å². The van der Waals surface area contributed by atoms with Crippen molar-refractivity contribution < 1.29 is 9.32 Å². The number of aryl methyl sites for hydroxylation is 1. The monoisotopic (exact) mass is 379 g/mol. The molecule has 1 amide bonds. The molecule has 7 nitrogen and oxygen atoms in total. The second-order valence-electron chi connectivity index (χ2n) is 5.90. The third kappa shape index (κ3) is 3.58. The summed E-state index contributed by atoms with van der Waals surface area (Å²) in [4.78, 5) is 16.5. The third-order valence-corrected chi connectivity index (χ3v) is 4.19. The molecule has 2 aromatic heterocycles. The standard InChI is InChI=1S/C19H14ClN5O2/c1-12-2-4-13(5-3-12)15-9-18(27-24-15)19(26)23-16-8-14(20)6-7-17(16)25-11-21-10-22-25/h2-11H,1H3,(H,23,26). The topological polar surface area (TPSA) is 85.8 Å². The Balaban J connectivity index is 1.60. The molecule has 0 saturated heterocycles. The van der Waals surface area contributed by atoms with E-state index in [2.05, 4.69) is 20.6 Å². The summed E-state index contributed by atoms with van der Waals surface area (Å²) in [5.41, 5.74) is 3.70. The molecule has 1 N–H and O–H groups in total. The van der Waals surface area contributed by atoms with Crippen LogP contribution in [0.25, 0.3) is 16.9 Å². The molecule has 2 heterocycles. The lowest BCUT2D eigenvalue weighted by molar-refractivity contribution is 0.0988. The number of carbonyl (C=O) groups excluding carboxylic acids is 1. The highest BCUT2D eigenvalue weighted by Gasteiger charge is 2.17. The van der Waals surface area contributed by atoms with Gasteiger partial charge >= 0.3 is 0 Å². The summed E-state index contributed by atoms with van der Waals surface area (Å²) in [6, 6.07) is 14.5. The molecule has 0 fully saturated rings. The number of nitrogens with one attached hydrogen (secondary N) is 1. The van der Waals surface area contributed by atoms with Crippen LogP contribution in [0.5, 0.6) is 0 Å². The van der Waals surface area contributed by atoms with Gasteiger partial charge in [0.25, 0.3) is 5.91 Å².